The van der Waals surface area contributed by atoms with Crippen molar-refractivity contribution < 1.29 is 0 Å². The molecule has 0 saturated carbocycles. The number of nitrogens with zero attached hydrogens (tertiary/aromatic N) is 2. The second kappa shape index (κ2) is 4.24. The van der Waals surface area contributed by atoms with Crippen molar-refractivity contribution in [3.05, 3.63) is 38.7 Å². The number of hydrogen-bond acceptors (Lipinski definition) is 3. The Morgan fingerprint density at radius 2 is 2.29 bits per heavy atom. The first kappa shape index (κ1) is 10.9. The van der Waals surface area contributed by atoms with Gasteiger partial charge in [-0.2, -0.15) is 0 Å². The molecule has 88 valence electrons. The van der Waals surface area contributed by atoms with Crippen LogP contribution in [0.3, 0.4) is 0 Å². The van der Waals surface area contributed by atoms with Gasteiger partial charge in [0.1, 0.15) is 0 Å². The second-order valence-electron chi connectivity index (χ2n) is 4.75. The minimum atomic E-state index is 1.03. The van der Waals surface area contributed by atoms with E-state index in [4.69, 9.17) is 4.98 Å². The molecular weight excluding hydrogens is 228 g/mol. The number of allylic oxidation sites excluding steroid dienone is 4. The SMILES string of the molecule is CN(C)CCc1nc2c(s1)=CC1=CC=CCC=21. The van der Waals surface area contributed by atoms with Crippen LogP contribution in [0, 0.1) is 0 Å². The summed E-state index contributed by atoms with van der Waals surface area (Å²) in [5.41, 5.74) is 2.77. The van der Waals surface area contributed by atoms with Crippen LogP contribution in [0.15, 0.2) is 23.8 Å². The Morgan fingerprint density at radius 1 is 1.41 bits per heavy atom. The smallest absolute Gasteiger partial charge is 0.0951 e. The van der Waals surface area contributed by atoms with Gasteiger partial charge in [0.05, 0.1) is 14.9 Å². The lowest BCUT2D eigenvalue weighted by Gasteiger charge is -2.07. The average Bonchev–Trinajstić information content (AvgIpc) is 2.83. The summed E-state index contributed by atoms with van der Waals surface area (Å²) in [6, 6.07) is 0. The largest absolute Gasteiger partial charge is 0.309 e. The molecule has 0 saturated heterocycles. The molecule has 0 aliphatic heterocycles. The minimum Gasteiger partial charge on any atom is -0.309 e. The van der Waals surface area contributed by atoms with Gasteiger partial charge in [-0.3, -0.25) is 0 Å². The molecule has 0 amide bonds. The van der Waals surface area contributed by atoms with Crippen LogP contribution < -0.4 is 9.88 Å². The molecule has 0 N–H and O–H groups in total. The molecule has 1 aromatic heterocycles. The topological polar surface area (TPSA) is 16.1 Å². The Kier molecular flexibility index (Phi) is 2.73. The quantitative estimate of drug-likeness (QED) is 0.791. The van der Waals surface area contributed by atoms with Crippen LogP contribution >= 0.6 is 11.3 Å². The molecule has 0 spiro atoms. The van der Waals surface area contributed by atoms with E-state index in [1.54, 1.807) is 0 Å². The summed E-state index contributed by atoms with van der Waals surface area (Å²) >= 11 is 1.85. The highest BCUT2D eigenvalue weighted by Gasteiger charge is 2.15. The van der Waals surface area contributed by atoms with E-state index >= 15 is 0 Å². The normalized spacial score (nSPS) is 16.9. The van der Waals surface area contributed by atoms with E-state index in [0.717, 1.165) is 19.4 Å². The molecule has 0 bridgehead atoms. The third-order valence-corrected chi connectivity index (χ3v) is 4.19. The van der Waals surface area contributed by atoms with Crippen LogP contribution in [0.25, 0.3) is 11.6 Å². The fourth-order valence-electron chi connectivity index (χ4n) is 2.20. The number of rotatable bonds is 3. The van der Waals surface area contributed by atoms with Gasteiger partial charge in [0, 0.05) is 13.0 Å². The summed E-state index contributed by atoms with van der Waals surface area (Å²) in [6.07, 6.45) is 10.9. The predicted octanol–water partition coefficient (Wildman–Crippen LogP) is 1.08. The standard InChI is InChI=1S/C14H16N2S/c1-16(2)8-7-13-15-14-11-6-4-3-5-10(11)9-12(14)17-13/h3-5,9H,6-8H2,1-2H3. The highest BCUT2D eigenvalue weighted by atomic mass is 32.1. The third-order valence-electron chi connectivity index (χ3n) is 3.13. The number of aromatic nitrogens is 1. The Labute approximate surface area is 105 Å². The second-order valence-corrected chi connectivity index (χ2v) is 5.87. The van der Waals surface area contributed by atoms with Crippen molar-refractivity contribution in [2.75, 3.05) is 20.6 Å². The fourth-order valence-corrected chi connectivity index (χ4v) is 3.24. The van der Waals surface area contributed by atoms with Gasteiger partial charge in [0.2, 0.25) is 0 Å². The summed E-state index contributed by atoms with van der Waals surface area (Å²) in [5.74, 6) is 0. The number of hydrogen-bond donors (Lipinski definition) is 0. The number of fused-ring (bicyclic) bond motifs is 2. The predicted molar refractivity (Wildman–Crippen MR) is 73.3 cm³/mol. The molecule has 0 radical (unpaired) electrons. The molecule has 2 aliphatic carbocycles. The maximum absolute atomic E-state index is 4.80. The van der Waals surface area contributed by atoms with Gasteiger partial charge in [0.25, 0.3) is 0 Å². The van der Waals surface area contributed by atoms with Crippen molar-refractivity contribution in [2.45, 2.75) is 12.8 Å². The molecular formula is C14H16N2S. The first-order chi connectivity index (χ1) is 8.24. The minimum absolute atomic E-state index is 1.03. The molecule has 2 nitrogen and oxygen atoms in total. The number of thiazole rings is 1. The third kappa shape index (κ3) is 2.01. The van der Waals surface area contributed by atoms with Gasteiger partial charge in [-0.15, -0.1) is 11.3 Å². The lowest BCUT2D eigenvalue weighted by Crippen LogP contribution is -2.20. The van der Waals surface area contributed by atoms with Crippen LogP contribution in [0.1, 0.15) is 11.4 Å². The molecule has 1 heterocycles. The fraction of sp³-hybridized carbons (Fsp3) is 0.357. The maximum Gasteiger partial charge on any atom is 0.0951 e. The maximum atomic E-state index is 4.80. The molecule has 1 aromatic rings. The van der Waals surface area contributed by atoms with Crippen LogP contribution in [-0.4, -0.2) is 30.5 Å². The van der Waals surface area contributed by atoms with E-state index in [0.29, 0.717) is 0 Å². The molecule has 0 fully saturated rings. The Balaban J connectivity index is 1.95. The molecule has 0 atom stereocenters. The molecule has 17 heavy (non-hydrogen) atoms. The van der Waals surface area contributed by atoms with Crippen LogP contribution in [0.2, 0.25) is 0 Å². The Bertz CT molecular complexity index is 617. The average molecular weight is 244 g/mol. The van der Waals surface area contributed by atoms with Gasteiger partial charge >= 0.3 is 0 Å². The van der Waals surface area contributed by atoms with E-state index in [1.165, 1.54) is 26.0 Å². The van der Waals surface area contributed by atoms with Gasteiger partial charge in [0.15, 0.2) is 0 Å². The zero-order chi connectivity index (χ0) is 11.8. The van der Waals surface area contributed by atoms with Crippen molar-refractivity contribution in [2.24, 2.45) is 0 Å². The first-order valence-corrected chi connectivity index (χ1v) is 6.78. The van der Waals surface area contributed by atoms with Gasteiger partial charge in [-0.1, -0.05) is 18.2 Å². The summed E-state index contributed by atoms with van der Waals surface area (Å²) < 4.78 is 1.35. The van der Waals surface area contributed by atoms with E-state index in [1.807, 2.05) is 11.3 Å². The van der Waals surface area contributed by atoms with Crippen LogP contribution in [0.5, 0.6) is 0 Å². The van der Waals surface area contributed by atoms with Crippen molar-refractivity contribution in [3.8, 4) is 0 Å². The molecule has 3 heteroatoms. The lowest BCUT2D eigenvalue weighted by atomic mass is 10.0. The van der Waals surface area contributed by atoms with E-state index in [-0.39, 0.29) is 0 Å². The van der Waals surface area contributed by atoms with Crippen LogP contribution in [-0.2, 0) is 6.42 Å². The van der Waals surface area contributed by atoms with Crippen molar-refractivity contribution in [1.29, 1.82) is 0 Å². The van der Waals surface area contributed by atoms with Gasteiger partial charge in [-0.05, 0) is 37.7 Å². The summed E-state index contributed by atoms with van der Waals surface area (Å²) in [6.45, 7) is 1.07. The summed E-state index contributed by atoms with van der Waals surface area (Å²) in [4.78, 5) is 7.00. The molecule has 0 unspecified atom stereocenters. The summed E-state index contributed by atoms with van der Waals surface area (Å²) in [5, 5.41) is 2.50. The number of likely N-dealkylation sites (N-methyl/N-ethyl adjacent to an activating group) is 1. The van der Waals surface area contributed by atoms with E-state index in [9.17, 15) is 0 Å². The van der Waals surface area contributed by atoms with Crippen molar-refractivity contribution >= 4 is 23.0 Å². The zero-order valence-corrected chi connectivity index (χ0v) is 11.0. The van der Waals surface area contributed by atoms with E-state index < -0.39 is 0 Å². The molecule has 3 rings (SSSR count). The van der Waals surface area contributed by atoms with Crippen molar-refractivity contribution in [1.82, 2.24) is 9.88 Å². The van der Waals surface area contributed by atoms with Gasteiger partial charge < -0.3 is 4.90 Å². The highest BCUT2D eigenvalue weighted by Crippen LogP contribution is 2.23. The lowest BCUT2D eigenvalue weighted by molar-refractivity contribution is 0.413. The Morgan fingerprint density at radius 3 is 3.12 bits per heavy atom. The first-order valence-electron chi connectivity index (χ1n) is 5.96. The monoisotopic (exact) mass is 244 g/mol. The van der Waals surface area contributed by atoms with Crippen LogP contribution in [0.4, 0.5) is 0 Å². The summed E-state index contributed by atoms with van der Waals surface area (Å²) in [7, 11) is 4.21. The van der Waals surface area contributed by atoms with Gasteiger partial charge in [-0.25, -0.2) is 4.98 Å². The molecule has 0 aromatic carbocycles. The highest BCUT2D eigenvalue weighted by molar-refractivity contribution is 7.09. The van der Waals surface area contributed by atoms with Crippen molar-refractivity contribution in [3.63, 3.8) is 0 Å². The Hall–Kier alpha value is -1.19. The zero-order valence-electron chi connectivity index (χ0n) is 10.2. The van der Waals surface area contributed by atoms with E-state index in [2.05, 4.69) is 43.3 Å². The molecule has 2 aliphatic rings.